The number of phenolic OH excluding ortho intramolecular Hbond substituents is 1. The summed E-state index contributed by atoms with van der Waals surface area (Å²) < 4.78 is 5.20. The number of methoxy groups -OCH3 is 1. The maximum Gasteiger partial charge on any atom is 0.120 e. The Bertz CT molecular complexity index is 464. The molecule has 1 fully saturated rings. The number of nitrogens with one attached hydrogen (secondary N) is 1. The molecule has 1 aliphatic rings. The highest BCUT2D eigenvalue weighted by Crippen LogP contribution is 2.33. The average Bonchev–Trinajstić information content (AvgIpc) is 2.47. The lowest BCUT2D eigenvalue weighted by Gasteiger charge is -2.34. The molecule has 1 heterocycles. The molecule has 5 nitrogen and oxygen atoms in total. The fraction of sp³-hybridized carbons (Fsp3) is 0.500. The van der Waals surface area contributed by atoms with Gasteiger partial charge in [0.1, 0.15) is 11.5 Å². The van der Waals surface area contributed by atoms with Gasteiger partial charge in [0.2, 0.25) is 0 Å². The van der Waals surface area contributed by atoms with E-state index in [2.05, 4.69) is 16.3 Å². The molecule has 0 aliphatic carbocycles. The van der Waals surface area contributed by atoms with Crippen LogP contribution in [0.25, 0.3) is 0 Å². The molecule has 1 aromatic rings. The monoisotopic (exact) mass is 261 g/mol. The molecular formula is C14H19N3O2. The van der Waals surface area contributed by atoms with Gasteiger partial charge in [-0.1, -0.05) is 0 Å². The summed E-state index contributed by atoms with van der Waals surface area (Å²) in [5, 5.41) is 22.4. The van der Waals surface area contributed by atoms with Crippen molar-refractivity contribution < 1.29 is 9.84 Å². The normalized spacial score (nSPS) is 17.7. The molecule has 0 aromatic heterocycles. The fourth-order valence-electron chi connectivity index (χ4n) is 2.44. The first-order chi connectivity index (χ1) is 9.26. The van der Waals surface area contributed by atoms with Crippen molar-refractivity contribution >= 4 is 0 Å². The van der Waals surface area contributed by atoms with Crippen molar-refractivity contribution in [3.05, 3.63) is 23.8 Å². The lowest BCUT2D eigenvalue weighted by Crippen LogP contribution is -2.45. The maximum atomic E-state index is 10.1. The molecule has 0 saturated carbocycles. The van der Waals surface area contributed by atoms with Crippen molar-refractivity contribution in [2.45, 2.75) is 12.5 Å². The molecule has 102 valence electrons. The number of nitriles is 1. The summed E-state index contributed by atoms with van der Waals surface area (Å²) in [7, 11) is 1.60. The van der Waals surface area contributed by atoms with Crippen LogP contribution in [-0.4, -0.2) is 43.3 Å². The molecular weight excluding hydrogens is 242 g/mol. The van der Waals surface area contributed by atoms with E-state index in [0.717, 1.165) is 31.7 Å². The second kappa shape index (κ2) is 6.41. The Morgan fingerprint density at radius 3 is 2.84 bits per heavy atom. The van der Waals surface area contributed by atoms with Crippen molar-refractivity contribution in [2.75, 3.05) is 33.3 Å². The van der Waals surface area contributed by atoms with E-state index in [1.807, 2.05) is 6.07 Å². The Kier molecular flexibility index (Phi) is 4.61. The van der Waals surface area contributed by atoms with Crippen LogP contribution in [0.4, 0.5) is 0 Å². The zero-order valence-corrected chi connectivity index (χ0v) is 11.1. The van der Waals surface area contributed by atoms with Crippen LogP contribution in [0.15, 0.2) is 18.2 Å². The van der Waals surface area contributed by atoms with Crippen LogP contribution in [0.2, 0.25) is 0 Å². The highest BCUT2D eigenvalue weighted by molar-refractivity contribution is 5.41. The highest BCUT2D eigenvalue weighted by Gasteiger charge is 2.24. The largest absolute Gasteiger partial charge is 0.508 e. The third-order valence-corrected chi connectivity index (χ3v) is 3.47. The van der Waals surface area contributed by atoms with Gasteiger partial charge in [-0.05, 0) is 18.2 Å². The Morgan fingerprint density at radius 1 is 1.47 bits per heavy atom. The van der Waals surface area contributed by atoms with Gasteiger partial charge in [0.05, 0.1) is 25.6 Å². The Hall–Kier alpha value is -1.77. The number of hydrogen-bond acceptors (Lipinski definition) is 5. The van der Waals surface area contributed by atoms with E-state index in [-0.39, 0.29) is 11.8 Å². The molecule has 2 N–H and O–H groups in total. The van der Waals surface area contributed by atoms with Gasteiger partial charge in [0, 0.05) is 31.7 Å². The number of ether oxygens (including phenoxy) is 1. The predicted molar refractivity (Wildman–Crippen MR) is 72.1 cm³/mol. The van der Waals surface area contributed by atoms with E-state index in [4.69, 9.17) is 10.00 Å². The predicted octanol–water partition coefficient (Wildman–Crippen LogP) is 1.26. The van der Waals surface area contributed by atoms with Crippen LogP contribution < -0.4 is 10.1 Å². The number of rotatable bonds is 4. The van der Waals surface area contributed by atoms with Gasteiger partial charge in [-0.2, -0.15) is 5.26 Å². The van der Waals surface area contributed by atoms with Crippen molar-refractivity contribution in [2.24, 2.45) is 0 Å². The zero-order valence-electron chi connectivity index (χ0n) is 11.1. The molecule has 0 amide bonds. The lowest BCUT2D eigenvalue weighted by atomic mass is 10.0. The molecule has 1 aromatic carbocycles. The van der Waals surface area contributed by atoms with Crippen LogP contribution in [0.3, 0.4) is 0 Å². The molecule has 0 bridgehead atoms. The first-order valence-corrected chi connectivity index (χ1v) is 6.45. The van der Waals surface area contributed by atoms with Crippen LogP contribution in [0.1, 0.15) is 18.0 Å². The highest BCUT2D eigenvalue weighted by atomic mass is 16.5. The van der Waals surface area contributed by atoms with E-state index in [0.29, 0.717) is 12.2 Å². The first kappa shape index (κ1) is 13.7. The second-order valence-electron chi connectivity index (χ2n) is 4.59. The number of aromatic hydroxyl groups is 1. The summed E-state index contributed by atoms with van der Waals surface area (Å²) in [6.45, 7) is 3.57. The summed E-state index contributed by atoms with van der Waals surface area (Å²) in [6, 6.07) is 7.30. The molecule has 1 aliphatic heterocycles. The van der Waals surface area contributed by atoms with Crippen LogP contribution in [-0.2, 0) is 0 Å². The standard InChI is InChI=1S/C14H19N3O2/c1-19-11-2-3-14(18)12(10-11)13(4-5-15)17-8-6-16-7-9-17/h2-3,10,13,16,18H,4,6-9H2,1H3/t13-/m1/s1. The molecule has 1 atom stereocenters. The summed E-state index contributed by atoms with van der Waals surface area (Å²) in [4.78, 5) is 2.23. The van der Waals surface area contributed by atoms with E-state index in [1.54, 1.807) is 19.2 Å². The minimum Gasteiger partial charge on any atom is -0.508 e. The van der Waals surface area contributed by atoms with E-state index >= 15 is 0 Å². The molecule has 0 unspecified atom stereocenters. The van der Waals surface area contributed by atoms with Gasteiger partial charge in [-0.15, -0.1) is 0 Å². The summed E-state index contributed by atoms with van der Waals surface area (Å²) >= 11 is 0. The number of benzene rings is 1. The van der Waals surface area contributed by atoms with Crippen molar-refractivity contribution in [3.8, 4) is 17.6 Å². The van der Waals surface area contributed by atoms with Crippen molar-refractivity contribution in [1.82, 2.24) is 10.2 Å². The number of piperazine rings is 1. The molecule has 0 radical (unpaired) electrons. The van der Waals surface area contributed by atoms with Crippen LogP contribution in [0.5, 0.6) is 11.5 Å². The molecule has 2 rings (SSSR count). The zero-order chi connectivity index (χ0) is 13.7. The van der Waals surface area contributed by atoms with Gasteiger partial charge in [-0.25, -0.2) is 0 Å². The van der Waals surface area contributed by atoms with E-state index in [9.17, 15) is 5.11 Å². The van der Waals surface area contributed by atoms with Gasteiger partial charge < -0.3 is 15.2 Å². The maximum absolute atomic E-state index is 10.1. The average molecular weight is 261 g/mol. The van der Waals surface area contributed by atoms with Crippen molar-refractivity contribution in [1.29, 1.82) is 5.26 Å². The number of nitrogens with zero attached hydrogens (tertiary/aromatic N) is 2. The van der Waals surface area contributed by atoms with Gasteiger partial charge in [0.15, 0.2) is 0 Å². The number of phenols is 1. The Labute approximate surface area is 113 Å². The number of hydrogen-bond donors (Lipinski definition) is 2. The van der Waals surface area contributed by atoms with Crippen LogP contribution >= 0.6 is 0 Å². The lowest BCUT2D eigenvalue weighted by molar-refractivity contribution is 0.173. The minimum atomic E-state index is -0.0813. The smallest absolute Gasteiger partial charge is 0.120 e. The Balaban J connectivity index is 2.29. The third kappa shape index (κ3) is 3.16. The summed E-state index contributed by atoms with van der Waals surface area (Å²) in [5.74, 6) is 0.922. The third-order valence-electron chi connectivity index (χ3n) is 3.47. The van der Waals surface area contributed by atoms with Gasteiger partial charge in [-0.3, -0.25) is 4.90 Å². The van der Waals surface area contributed by atoms with Gasteiger partial charge in [0.25, 0.3) is 0 Å². The van der Waals surface area contributed by atoms with E-state index in [1.165, 1.54) is 0 Å². The SMILES string of the molecule is COc1ccc(O)c([C@@H](CC#N)N2CCNCC2)c1. The Morgan fingerprint density at radius 2 is 2.21 bits per heavy atom. The van der Waals surface area contributed by atoms with Crippen LogP contribution in [0, 0.1) is 11.3 Å². The molecule has 0 spiro atoms. The quantitative estimate of drug-likeness (QED) is 0.854. The summed E-state index contributed by atoms with van der Waals surface area (Å²) in [5.41, 5.74) is 0.766. The van der Waals surface area contributed by atoms with E-state index < -0.39 is 0 Å². The topological polar surface area (TPSA) is 68.5 Å². The second-order valence-corrected chi connectivity index (χ2v) is 4.59. The molecule has 1 saturated heterocycles. The fourth-order valence-corrected chi connectivity index (χ4v) is 2.44. The first-order valence-electron chi connectivity index (χ1n) is 6.45. The molecule has 5 heteroatoms. The molecule has 19 heavy (non-hydrogen) atoms. The minimum absolute atomic E-state index is 0.0813. The summed E-state index contributed by atoms with van der Waals surface area (Å²) in [6.07, 6.45) is 0.362. The van der Waals surface area contributed by atoms with Gasteiger partial charge >= 0.3 is 0 Å². The van der Waals surface area contributed by atoms with Crippen molar-refractivity contribution in [3.63, 3.8) is 0 Å².